The molecule has 2 rings (SSSR count). The van der Waals surface area contributed by atoms with Crippen molar-refractivity contribution in [1.82, 2.24) is 5.32 Å². The molecule has 20 heavy (non-hydrogen) atoms. The lowest BCUT2D eigenvalue weighted by Gasteiger charge is -2.38. The number of nitrogens with one attached hydrogen (secondary N) is 1. The summed E-state index contributed by atoms with van der Waals surface area (Å²) in [5.74, 6) is -0.316. The molecule has 1 aliphatic carbocycles. The number of nitro benzene ring substituents is 1. The second-order valence-electron chi connectivity index (χ2n) is 5.21. The maximum absolute atomic E-state index is 12.0. The Morgan fingerprint density at radius 2 is 2.10 bits per heavy atom. The standard InChI is InChI=1S/C13H17N3O3.ClH/c1-9-5-10(7-11(6-9)16(18)19)12(17)15-8-13(14)3-2-4-13;/h5-7H,2-4,8,14H2,1H3,(H,15,17);1H. The Labute approximate surface area is 123 Å². The quantitative estimate of drug-likeness (QED) is 0.655. The van der Waals surface area contributed by atoms with Crippen molar-refractivity contribution >= 4 is 24.0 Å². The van der Waals surface area contributed by atoms with Crippen LogP contribution in [0.25, 0.3) is 0 Å². The SMILES string of the molecule is Cc1cc(C(=O)NCC2(N)CCC2)cc([N+](=O)[O-])c1.Cl. The predicted molar refractivity (Wildman–Crippen MR) is 78.2 cm³/mol. The summed E-state index contributed by atoms with van der Waals surface area (Å²) in [6.07, 6.45) is 2.89. The van der Waals surface area contributed by atoms with Crippen molar-refractivity contribution < 1.29 is 9.72 Å². The summed E-state index contributed by atoms with van der Waals surface area (Å²) in [6.45, 7) is 2.13. The van der Waals surface area contributed by atoms with Crippen molar-refractivity contribution in [3.63, 3.8) is 0 Å². The first-order valence-corrected chi connectivity index (χ1v) is 6.23. The molecule has 0 bridgehead atoms. The molecule has 110 valence electrons. The van der Waals surface area contributed by atoms with Crippen LogP contribution in [0.5, 0.6) is 0 Å². The molecule has 0 radical (unpaired) electrons. The second kappa shape index (κ2) is 6.19. The highest BCUT2D eigenvalue weighted by molar-refractivity contribution is 5.95. The number of halogens is 1. The number of aryl methyl sites for hydroxylation is 1. The second-order valence-corrected chi connectivity index (χ2v) is 5.21. The number of nitrogens with zero attached hydrogens (tertiary/aromatic N) is 1. The van der Waals surface area contributed by atoms with E-state index < -0.39 is 4.92 Å². The molecular weight excluding hydrogens is 282 g/mol. The van der Waals surface area contributed by atoms with Gasteiger partial charge in [-0.3, -0.25) is 14.9 Å². The van der Waals surface area contributed by atoms with Crippen molar-refractivity contribution in [2.75, 3.05) is 6.54 Å². The molecule has 0 saturated heterocycles. The van der Waals surface area contributed by atoms with Crippen molar-refractivity contribution in [3.05, 3.63) is 39.4 Å². The van der Waals surface area contributed by atoms with E-state index in [0.717, 1.165) is 19.3 Å². The van der Waals surface area contributed by atoms with E-state index in [-0.39, 0.29) is 29.5 Å². The highest BCUT2D eigenvalue weighted by Crippen LogP contribution is 2.28. The first-order chi connectivity index (χ1) is 8.89. The molecule has 1 aromatic carbocycles. The van der Waals surface area contributed by atoms with E-state index in [4.69, 9.17) is 5.73 Å². The molecular formula is C13H18ClN3O3. The fraction of sp³-hybridized carbons (Fsp3) is 0.462. The third-order valence-electron chi connectivity index (χ3n) is 3.49. The highest BCUT2D eigenvalue weighted by atomic mass is 35.5. The maximum Gasteiger partial charge on any atom is 0.270 e. The van der Waals surface area contributed by atoms with E-state index in [1.165, 1.54) is 12.1 Å². The van der Waals surface area contributed by atoms with Gasteiger partial charge in [0.15, 0.2) is 0 Å². The number of hydrogen-bond acceptors (Lipinski definition) is 4. The smallest absolute Gasteiger partial charge is 0.270 e. The fourth-order valence-electron chi connectivity index (χ4n) is 2.17. The molecule has 0 unspecified atom stereocenters. The molecule has 7 heteroatoms. The number of non-ortho nitro benzene ring substituents is 1. The summed E-state index contributed by atoms with van der Waals surface area (Å²) in [5.41, 5.74) is 6.63. The molecule has 1 amide bonds. The zero-order valence-corrected chi connectivity index (χ0v) is 12.0. The minimum atomic E-state index is -0.500. The van der Waals surface area contributed by atoms with Crippen LogP contribution in [0.15, 0.2) is 18.2 Å². The van der Waals surface area contributed by atoms with E-state index in [0.29, 0.717) is 17.7 Å². The summed E-state index contributed by atoms with van der Waals surface area (Å²) in [5, 5.41) is 13.5. The van der Waals surface area contributed by atoms with Gasteiger partial charge in [-0.15, -0.1) is 12.4 Å². The molecule has 0 spiro atoms. The van der Waals surface area contributed by atoms with E-state index in [1.807, 2.05) is 0 Å². The number of carbonyl (C=O) groups is 1. The third-order valence-corrected chi connectivity index (χ3v) is 3.49. The lowest BCUT2D eigenvalue weighted by atomic mass is 9.78. The van der Waals surface area contributed by atoms with Gasteiger partial charge in [0.25, 0.3) is 11.6 Å². The van der Waals surface area contributed by atoms with E-state index in [1.54, 1.807) is 13.0 Å². The third kappa shape index (κ3) is 3.68. The van der Waals surface area contributed by atoms with Crippen molar-refractivity contribution in [3.8, 4) is 0 Å². The highest BCUT2D eigenvalue weighted by Gasteiger charge is 2.32. The number of hydrogen-bond donors (Lipinski definition) is 2. The first kappa shape index (κ1) is 16.4. The van der Waals surface area contributed by atoms with Crippen LogP contribution in [-0.2, 0) is 0 Å². The van der Waals surface area contributed by atoms with Crippen LogP contribution >= 0.6 is 12.4 Å². The molecule has 1 fully saturated rings. The van der Waals surface area contributed by atoms with Gasteiger partial charge in [-0.1, -0.05) is 0 Å². The largest absolute Gasteiger partial charge is 0.350 e. The van der Waals surface area contributed by atoms with Gasteiger partial charge in [0.1, 0.15) is 0 Å². The average Bonchev–Trinajstić information content (AvgIpc) is 2.32. The number of nitro groups is 1. The molecule has 1 aromatic rings. The molecule has 6 nitrogen and oxygen atoms in total. The van der Waals surface area contributed by atoms with Crippen molar-refractivity contribution in [2.45, 2.75) is 31.7 Å². The minimum Gasteiger partial charge on any atom is -0.350 e. The van der Waals surface area contributed by atoms with Gasteiger partial charge in [-0.2, -0.15) is 0 Å². The predicted octanol–water partition coefficient (Wildman–Crippen LogP) is 1.94. The summed E-state index contributed by atoms with van der Waals surface area (Å²) >= 11 is 0. The van der Waals surface area contributed by atoms with E-state index in [2.05, 4.69) is 5.32 Å². The van der Waals surface area contributed by atoms with Crippen molar-refractivity contribution in [1.29, 1.82) is 0 Å². The van der Waals surface area contributed by atoms with Crippen LogP contribution in [-0.4, -0.2) is 22.9 Å². The number of carbonyl (C=O) groups excluding carboxylic acids is 1. The molecule has 0 atom stereocenters. The summed E-state index contributed by atoms with van der Waals surface area (Å²) in [7, 11) is 0. The number of benzene rings is 1. The number of nitrogens with two attached hydrogens (primary N) is 1. The first-order valence-electron chi connectivity index (χ1n) is 6.23. The van der Waals surface area contributed by atoms with Crippen LogP contribution < -0.4 is 11.1 Å². The molecule has 0 aliphatic heterocycles. The Morgan fingerprint density at radius 3 is 2.60 bits per heavy atom. The minimum absolute atomic E-state index is 0. The van der Waals surface area contributed by atoms with Crippen LogP contribution in [0.1, 0.15) is 35.2 Å². The summed E-state index contributed by atoms with van der Waals surface area (Å²) in [6, 6.07) is 4.35. The lowest BCUT2D eigenvalue weighted by molar-refractivity contribution is -0.384. The topological polar surface area (TPSA) is 98.3 Å². The van der Waals surface area contributed by atoms with Gasteiger partial charge >= 0.3 is 0 Å². The molecule has 3 N–H and O–H groups in total. The van der Waals surface area contributed by atoms with Gasteiger partial charge in [-0.25, -0.2) is 0 Å². The normalized spacial score (nSPS) is 15.7. The number of amides is 1. The lowest BCUT2D eigenvalue weighted by Crippen LogP contribution is -2.54. The Bertz CT molecular complexity index is 530. The van der Waals surface area contributed by atoms with Crippen LogP contribution in [0, 0.1) is 17.0 Å². The Hall–Kier alpha value is -1.66. The van der Waals surface area contributed by atoms with Crippen LogP contribution in [0.3, 0.4) is 0 Å². The van der Waals surface area contributed by atoms with E-state index >= 15 is 0 Å². The van der Waals surface area contributed by atoms with Crippen LogP contribution in [0.2, 0.25) is 0 Å². The summed E-state index contributed by atoms with van der Waals surface area (Å²) in [4.78, 5) is 22.2. The molecule has 1 saturated carbocycles. The van der Waals surface area contributed by atoms with Gasteiger partial charge in [-0.05, 0) is 37.8 Å². The molecule has 0 heterocycles. The Balaban J connectivity index is 0.00000200. The maximum atomic E-state index is 12.0. The fourth-order valence-corrected chi connectivity index (χ4v) is 2.17. The monoisotopic (exact) mass is 299 g/mol. The summed E-state index contributed by atoms with van der Waals surface area (Å²) < 4.78 is 0. The van der Waals surface area contributed by atoms with Gasteiger partial charge in [0, 0.05) is 29.8 Å². The molecule has 0 aromatic heterocycles. The zero-order chi connectivity index (χ0) is 14.0. The zero-order valence-electron chi connectivity index (χ0n) is 11.2. The van der Waals surface area contributed by atoms with E-state index in [9.17, 15) is 14.9 Å². The number of rotatable bonds is 4. The Kier molecular flexibility index (Phi) is 5.08. The molecule has 1 aliphatic rings. The van der Waals surface area contributed by atoms with Crippen LogP contribution in [0.4, 0.5) is 5.69 Å². The average molecular weight is 300 g/mol. The van der Waals surface area contributed by atoms with Gasteiger partial charge in [0.05, 0.1) is 4.92 Å². The van der Waals surface area contributed by atoms with Gasteiger partial charge < -0.3 is 11.1 Å². The van der Waals surface area contributed by atoms with Crippen molar-refractivity contribution in [2.24, 2.45) is 5.73 Å². The van der Waals surface area contributed by atoms with Gasteiger partial charge in [0.2, 0.25) is 0 Å². The Morgan fingerprint density at radius 1 is 1.45 bits per heavy atom.